The van der Waals surface area contributed by atoms with Gasteiger partial charge >= 0.3 is 0 Å². The largest absolute Gasteiger partial charge is 0.352 e. The number of amides is 2. The lowest BCUT2D eigenvalue weighted by atomic mass is 9.77. The Hall–Kier alpha value is -1.32. The Bertz CT molecular complexity index is 722. The van der Waals surface area contributed by atoms with Gasteiger partial charge in [0.15, 0.2) is 0 Å². The summed E-state index contributed by atoms with van der Waals surface area (Å²) in [5.74, 6) is 0.290. The number of nitrogens with one attached hydrogen (secondary N) is 2. The summed E-state index contributed by atoms with van der Waals surface area (Å²) in [4.78, 5) is 31.7. The van der Waals surface area contributed by atoms with Crippen LogP contribution in [-0.4, -0.2) is 109 Å². The minimum absolute atomic E-state index is 0.0527. The predicted octanol–water partition coefficient (Wildman–Crippen LogP) is 1.57. The number of nitrogens with zero attached hydrogens (tertiary/aromatic N) is 3. The zero-order chi connectivity index (χ0) is 24.6. The smallest absolute Gasteiger partial charge is 0.237 e. The fourth-order valence-corrected chi connectivity index (χ4v) is 6.79. The average Bonchev–Trinajstić information content (AvgIpc) is 3.22. The van der Waals surface area contributed by atoms with Crippen molar-refractivity contribution in [2.24, 2.45) is 11.8 Å². The fraction of sp³-hybridized carbons (Fsp3) is 0.920. The van der Waals surface area contributed by atoms with Gasteiger partial charge in [0, 0.05) is 49.7 Å². The van der Waals surface area contributed by atoms with E-state index in [-0.39, 0.29) is 41.9 Å². The van der Waals surface area contributed by atoms with Gasteiger partial charge in [-0.05, 0) is 65.5 Å². The van der Waals surface area contributed by atoms with Gasteiger partial charge in [0.1, 0.15) is 12.3 Å². The monoisotopic (exact) mass is 483 g/mol. The molecule has 2 heterocycles. The number of likely N-dealkylation sites (N-methyl/N-ethyl adjacent to an activating group) is 1. The van der Waals surface area contributed by atoms with E-state index in [1.54, 1.807) is 0 Å². The van der Waals surface area contributed by atoms with Crippen LogP contribution in [0.3, 0.4) is 0 Å². The number of rotatable bonds is 5. The number of hydrogen-bond donors (Lipinski definition) is 2. The first-order chi connectivity index (χ1) is 16.1. The Morgan fingerprint density at radius 2 is 1.82 bits per heavy atom. The van der Waals surface area contributed by atoms with Crippen molar-refractivity contribution in [1.82, 2.24) is 25.3 Å². The van der Waals surface area contributed by atoms with Crippen LogP contribution in [0, 0.1) is 11.8 Å². The zero-order valence-corrected chi connectivity index (χ0v) is 21.2. The molecule has 2 N–H and O–H groups in total. The molecule has 0 aromatic heterocycles. The van der Waals surface area contributed by atoms with E-state index in [0.717, 1.165) is 19.5 Å². The summed E-state index contributed by atoms with van der Waals surface area (Å²) in [5, 5.41) is 6.48. The molecule has 2 aliphatic heterocycles. The number of halogens is 2. The third-order valence-electron chi connectivity index (χ3n) is 8.57. The summed E-state index contributed by atoms with van der Waals surface area (Å²) < 4.78 is 29.2. The number of carbonyl (C=O) groups is 2. The zero-order valence-electron chi connectivity index (χ0n) is 21.2. The maximum absolute atomic E-state index is 14.7. The van der Waals surface area contributed by atoms with Crippen LogP contribution in [0.15, 0.2) is 0 Å². The highest BCUT2D eigenvalue weighted by molar-refractivity contribution is 5.82. The van der Waals surface area contributed by atoms with Crippen molar-refractivity contribution >= 4 is 11.8 Å². The van der Waals surface area contributed by atoms with Crippen molar-refractivity contribution < 1.29 is 18.4 Å². The number of alkyl halides is 2. The molecule has 4 fully saturated rings. The molecule has 0 aromatic rings. The molecule has 2 aliphatic carbocycles. The van der Waals surface area contributed by atoms with E-state index >= 15 is 0 Å². The van der Waals surface area contributed by atoms with Crippen LogP contribution in [-0.2, 0) is 9.59 Å². The molecule has 2 saturated heterocycles. The fourth-order valence-electron chi connectivity index (χ4n) is 6.79. The highest BCUT2D eigenvalue weighted by Gasteiger charge is 2.47. The lowest BCUT2D eigenvalue weighted by Crippen LogP contribution is -2.60. The number of fused-ring (bicyclic) bond motifs is 1. The van der Waals surface area contributed by atoms with Gasteiger partial charge in [0.05, 0.1) is 12.6 Å². The van der Waals surface area contributed by atoms with Gasteiger partial charge in [-0.2, -0.15) is 0 Å². The van der Waals surface area contributed by atoms with E-state index in [4.69, 9.17) is 0 Å². The maximum atomic E-state index is 14.7. The normalized spacial score (nSPS) is 41.4. The lowest BCUT2D eigenvalue weighted by Gasteiger charge is -2.46. The van der Waals surface area contributed by atoms with E-state index in [0.29, 0.717) is 51.1 Å². The summed E-state index contributed by atoms with van der Waals surface area (Å²) in [7, 11) is 3.78. The number of carbonyl (C=O) groups excluding carboxylic acids is 2. The van der Waals surface area contributed by atoms with Gasteiger partial charge in [-0.25, -0.2) is 8.78 Å². The first-order valence-corrected chi connectivity index (χ1v) is 13.1. The highest BCUT2D eigenvalue weighted by Crippen LogP contribution is 2.38. The molecule has 2 saturated carbocycles. The van der Waals surface area contributed by atoms with E-state index in [1.165, 1.54) is 0 Å². The molecule has 4 rings (SSSR count). The van der Waals surface area contributed by atoms with Crippen molar-refractivity contribution in [3.05, 3.63) is 0 Å². The van der Waals surface area contributed by atoms with E-state index < -0.39 is 18.4 Å². The summed E-state index contributed by atoms with van der Waals surface area (Å²) >= 11 is 0. The van der Waals surface area contributed by atoms with Crippen molar-refractivity contribution in [1.29, 1.82) is 0 Å². The third kappa shape index (κ3) is 5.73. The quantitative estimate of drug-likeness (QED) is 0.622. The second-order valence-electron chi connectivity index (χ2n) is 11.5. The summed E-state index contributed by atoms with van der Waals surface area (Å²) in [6.45, 7) is 6.68. The number of hydrogen-bond acceptors (Lipinski definition) is 5. The molecule has 194 valence electrons. The van der Waals surface area contributed by atoms with E-state index in [9.17, 15) is 18.4 Å². The molecule has 0 aromatic carbocycles. The first kappa shape index (κ1) is 25.8. The molecule has 0 bridgehead atoms. The molecular weight excluding hydrogens is 440 g/mol. The molecule has 4 aliphatic rings. The Balaban J connectivity index is 1.30. The summed E-state index contributed by atoms with van der Waals surface area (Å²) in [6.07, 6.45) is 1.68. The van der Waals surface area contributed by atoms with Crippen LogP contribution in [0.1, 0.15) is 52.4 Å². The second kappa shape index (κ2) is 10.7. The first-order valence-electron chi connectivity index (χ1n) is 13.1. The SMILES string of the molecule is CC1CCC(F)C2CC(C(=O)NC3CC(F)CC(N4CCN(C(=O)CN(C)C)C(C)C4)C3)NC12. The molecule has 9 heteroatoms. The molecule has 9 atom stereocenters. The standard InChI is InChI=1S/C25H43F2N5O2/c1-15-5-6-21(27)20-12-22(29-24(15)20)25(34)28-18-9-17(26)10-19(11-18)31-7-8-32(16(2)13-31)23(33)14-30(3)4/h15-22,24,29H,5-14H2,1-4H3,(H,28,34). The van der Waals surface area contributed by atoms with Crippen molar-refractivity contribution in [2.45, 2.75) is 94.9 Å². The van der Waals surface area contributed by atoms with Crippen LogP contribution in [0.5, 0.6) is 0 Å². The molecule has 0 spiro atoms. The van der Waals surface area contributed by atoms with Gasteiger partial charge in [-0.15, -0.1) is 0 Å². The molecule has 2 amide bonds. The van der Waals surface area contributed by atoms with Gasteiger partial charge in [-0.3, -0.25) is 14.5 Å². The highest BCUT2D eigenvalue weighted by atomic mass is 19.1. The third-order valence-corrected chi connectivity index (χ3v) is 8.57. The van der Waals surface area contributed by atoms with Gasteiger partial charge in [0.25, 0.3) is 0 Å². The molecule has 9 unspecified atom stereocenters. The van der Waals surface area contributed by atoms with Crippen LogP contribution < -0.4 is 10.6 Å². The Morgan fingerprint density at radius 3 is 2.50 bits per heavy atom. The second-order valence-corrected chi connectivity index (χ2v) is 11.5. The lowest BCUT2D eigenvalue weighted by molar-refractivity contribution is -0.137. The van der Waals surface area contributed by atoms with Crippen molar-refractivity contribution in [3.63, 3.8) is 0 Å². The Kier molecular flexibility index (Phi) is 8.14. The van der Waals surface area contributed by atoms with E-state index in [2.05, 4.69) is 29.4 Å². The van der Waals surface area contributed by atoms with Crippen LogP contribution in [0.2, 0.25) is 0 Å². The Labute approximate surface area is 203 Å². The summed E-state index contributed by atoms with van der Waals surface area (Å²) in [5.41, 5.74) is 0. The van der Waals surface area contributed by atoms with Gasteiger partial charge in [0.2, 0.25) is 11.8 Å². The topological polar surface area (TPSA) is 67.9 Å². The van der Waals surface area contributed by atoms with Crippen LogP contribution in [0.25, 0.3) is 0 Å². The predicted molar refractivity (Wildman–Crippen MR) is 128 cm³/mol. The Morgan fingerprint density at radius 1 is 1.06 bits per heavy atom. The van der Waals surface area contributed by atoms with Crippen molar-refractivity contribution in [2.75, 3.05) is 40.3 Å². The molecular formula is C25H43F2N5O2. The molecule has 0 radical (unpaired) electrons. The van der Waals surface area contributed by atoms with Crippen LogP contribution in [0.4, 0.5) is 8.78 Å². The van der Waals surface area contributed by atoms with Crippen LogP contribution >= 0.6 is 0 Å². The van der Waals surface area contributed by atoms with Gasteiger partial charge < -0.3 is 20.4 Å². The number of piperazine rings is 1. The van der Waals surface area contributed by atoms with Crippen molar-refractivity contribution in [3.8, 4) is 0 Å². The maximum Gasteiger partial charge on any atom is 0.237 e. The summed E-state index contributed by atoms with van der Waals surface area (Å²) in [6, 6.07) is -0.417. The van der Waals surface area contributed by atoms with Gasteiger partial charge in [-0.1, -0.05) is 6.92 Å². The molecule has 34 heavy (non-hydrogen) atoms. The minimum atomic E-state index is -0.956. The van der Waals surface area contributed by atoms with E-state index in [1.807, 2.05) is 23.9 Å². The molecule has 7 nitrogen and oxygen atoms in total. The average molecular weight is 484 g/mol. The minimum Gasteiger partial charge on any atom is -0.352 e.